The van der Waals surface area contributed by atoms with E-state index >= 15 is 0 Å². The molecular formula is C15H21N5O4. The lowest BCUT2D eigenvalue weighted by molar-refractivity contribution is -0.158. The molecular weight excluding hydrogens is 314 g/mol. The molecule has 0 spiro atoms. The standard InChI is InChI=1S/C15H21N5O4/c1-15(2)19-13(16)18-14(17)20(15)24-9-3-8-23-11-6-4-10(5-7-11)12(21)22/h4-7H,3,8-9H2,1-2H3,(H,21,22)(H4,16,17,18,19). The summed E-state index contributed by atoms with van der Waals surface area (Å²) in [7, 11) is 0. The van der Waals surface area contributed by atoms with Gasteiger partial charge in [-0.1, -0.05) is 0 Å². The first kappa shape index (κ1) is 17.5. The van der Waals surface area contributed by atoms with Crippen LogP contribution in [0.15, 0.2) is 34.3 Å². The minimum atomic E-state index is -0.971. The molecule has 1 aromatic rings. The van der Waals surface area contributed by atoms with Crippen LogP contribution in [0.5, 0.6) is 5.75 Å². The van der Waals surface area contributed by atoms with Crippen LogP contribution in [0, 0.1) is 0 Å². The van der Waals surface area contributed by atoms with E-state index in [9.17, 15) is 4.79 Å². The second-order valence-corrected chi connectivity index (χ2v) is 5.59. The van der Waals surface area contributed by atoms with E-state index in [1.54, 1.807) is 12.1 Å². The molecule has 0 amide bonds. The van der Waals surface area contributed by atoms with E-state index in [2.05, 4.69) is 9.98 Å². The van der Waals surface area contributed by atoms with Crippen molar-refractivity contribution in [2.24, 2.45) is 21.5 Å². The zero-order valence-corrected chi connectivity index (χ0v) is 13.6. The SMILES string of the molecule is CC1(C)N=C(N)N=C(N)N1OCCCOc1ccc(C(=O)O)cc1. The van der Waals surface area contributed by atoms with Gasteiger partial charge in [0.25, 0.3) is 0 Å². The Balaban J connectivity index is 1.75. The van der Waals surface area contributed by atoms with Crippen LogP contribution in [0.4, 0.5) is 0 Å². The van der Waals surface area contributed by atoms with Crippen LogP contribution in [-0.4, -0.2) is 46.9 Å². The maximum absolute atomic E-state index is 10.8. The highest BCUT2D eigenvalue weighted by molar-refractivity contribution is 5.95. The Morgan fingerprint density at radius 1 is 1.25 bits per heavy atom. The summed E-state index contributed by atoms with van der Waals surface area (Å²) in [5.74, 6) is -0.110. The molecule has 0 aliphatic carbocycles. The first-order valence-corrected chi connectivity index (χ1v) is 7.38. The smallest absolute Gasteiger partial charge is 0.335 e. The van der Waals surface area contributed by atoms with E-state index in [0.717, 1.165) is 0 Å². The average Bonchev–Trinajstić information content (AvgIpc) is 2.48. The minimum absolute atomic E-state index is 0.116. The lowest BCUT2D eigenvalue weighted by Crippen LogP contribution is -2.53. The van der Waals surface area contributed by atoms with Crippen LogP contribution in [0.3, 0.4) is 0 Å². The van der Waals surface area contributed by atoms with Crippen molar-refractivity contribution in [2.45, 2.75) is 25.9 Å². The molecule has 1 aromatic carbocycles. The molecule has 2 rings (SSSR count). The molecule has 0 aromatic heterocycles. The number of carbonyl (C=O) groups is 1. The highest BCUT2D eigenvalue weighted by Crippen LogP contribution is 2.20. The maximum Gasteiger partial charge on any atom is 0.335 e. The third kappa shape index (κ3) is 4.35. The highest BCUT2D eigenvalue weighted by atomic mass is 16.7. The molecule has 0 saturated heterocycles. The number of ether oxygens (including phenoxy) is 1. The normalized spacial score (nSPS) is 16.3. The van der Waals surface area contributed by atoms with Crippen molar-refractivity contribution in [3.63, 3.8) is 0 Å². The molecule has 5 N–H and O–H groups in total. The van der Waals surface area contributed by atoms with Crippen LogP contribution in [-0.2, 0) is 4.84 Å². The molecule has 9 nitrogen and oxygen atoms in total. The van der Waals surface area contributed by atoms with Gasteiger partial charge in [-0.25, -0.2) is 9.79 Å². The van der Waals surface area contributed by atoms with Crippen molar-refractivity contribution in [3.8, 4) is 5.75 Å². The molecule has 0 saturated carbocycles. The van der Waals surface area contributed by atoms with E-state index < -0.39 is 11.6 Å². The molecule has 0 unspecified atom stereocenters. The van der Waals surface area contributed by atoms with Gasteiger partial charge >= 0.3 is 5.97 Å². The minimum Gasteiger partial charge on any atom is -0.494 e. The van der Waals surface area contributed by atoms with Crippen molar-refractivity contribution in [1.82, 2.24) is 5.06 Å². The number of nitrogens with two attached hydrogens (primary N) is 2. The second kappa shape index (κ2) is 7.18. The summed E-state index contributed by atoms with van der Waals surface area (Å²) in [5.41, 5.74) is 10.9. The maximum atomic E-state index is 10.8. The summed E-state index contributed by atoms with van der Waals surface area (Å²) in [6.07, 6.45) is 0.597. The van der Waals surface area contributed by atoms with E-state index in [0.29, 0.717) is 25.4 Å². The molecule has 0 radical (unpaired) electrons. The number of hydrogen-bond acceptors (Lipinski definition) is 8. The van der Waals surface area contributed by atoms with Gasteiger partial charge in [-0.15, -0.1) is 0 Å². The molecule has 130 valence electrons. The Morgan fingerprint density at radius 2 is 1.92 bits per heavy atom. The van der Waals surface area contributed by atoms with Crippen LogP contribution in [0.1, 0.15) is 30.6 Å². The lowest BCUT2D eigenvalue weighted by Gasteiger charge is -2.36. The number of aromatic carboxylic acids is 1. The fraction of sp³-hybridized carbons (Fsp3) is 0.400. The van der Waals surface area contributed by atoms with Gasteiger partial charge in [0.1, 0.15) is 5.75 Å². The number of benzene rings is 1. The summed E-state index contributed by atoms with van der Waals surface area (Å²) < 4.78 is 5.53. The molecule has 1 aliphatic heterocycles. The molecule has 0 fully saturated rings. The Morgan fingerprint density at radius 3 is 2.50 bits per heavy atom. The Hall–Kier alpha value is -2.81. The summed E-state index contributed by atoms with van der Waals surface area (Å²) >= 11 is 0. The zero-order chi connectivity index (χ0) is 17.7. The van der Waals surface area contributed by atoms with Crippen molar-refractivity contribution in [1.29, 1.82) is 0 Å². The first-order valence-electron chi connectivity index (χ1n) is 7.38. The van der Waals surface area contributed by atoms with E-state index in [1.807, 2.05) is 13.8 Å². The number of nitrogens with zero attached hydrogens (tertiary/aromatic N) is 3. The van der Waals surface area contributed by atoms with Gasteiger partial charge in [0, 0.05) is 6.42 Å². The topological polar surface area (TPSA) is 136 Å². The quantitative estimate of drug-likeness (QED) is 0.626. The van der Waals surface area contributed by atoms with Crippen molar-refractivity contribution >= 4 is 17.9 Å². The number of hydrogen-bond donors (Lipinski definition) is 3. The predicted molar refractivity (Wildman–Crippen MR) is 88.6 cm³/mol. The van der Waals surface area contributed by atoms with Gasteiger partial charge in [0.15, 0.2) is 5.66 Å². The third-order valence-electron chi connectivity index (χ3n) is 3.20. The average molecular weight is 335 g/mol. The largest absolute Gasteiger partial charge is 0.494 e. The van der Waals surface area contributed by atoms with E-state index in [4.69, 9.17) is 26.1 Å². The second-order valence-electron chi connectivity index (χ2n) is 5.59. The van der Waals surface area contributed by atoms with Gasteiger partial charge in [-0.05, 0) is 38.1 Å². The molecule has 9 heteroatoms. The monoisotopic (exact) mass is 335 g/mol. The zero-order valence-electron chi connectivity index (χ0n) is 13.6. The van der Waals surface area contributed by atoms with E-state index in [-0.39, 0.29) is 17.5 Å². The Labute approximate surface area is 139 Å². The van der Waals surface area contributed by atoms with Gasteiger partial charge in [0.05, 0.1) is 18.8 Å². The number of carboxylic acid groups (broad SMARTS) is 1. The van der Waals surface area contributed by atoms with Crippen LogP contribution >= 0.6 is 0 Å². The number of rotatable bonds is 7. The van der Waals surface area contributed by atoms with Crippen molar-refractivity contribution in [3.05, 3.63) is 29.8 Å². The first-order chi connectivity index (χ1) is 11.3. The predicted octanol–water partition coefficient (Wildman–Crippen LogP) is 0.766. The van der Waals surface area contributed by atoms with Gasteiger partial charge < -0.3 is 21.3 Å². The fourth-order valence-corrected chi connectivity index (χ4v) is 2.12. The summed E-state index contributed by atoms with van der Waals surface area (Å²) in [4.78, 5) is 24.4. The lowest BCUT2D eigenvalue weighted by atomic mass is 10.2. The number of carboxylic acids is 1. The van der Waals surface area contributed by atoms with Crippen molar-refractivity contribution < 1.29 is 19.5 Å². The molecule has 1 aliphatic rings. The number of guanidine groups is 2. The molecule has 1 heterocycles. The van der Waals surface area contributed by atoms with E-state index in [1.165, 1.54) is 17.2 Å². The molecule has 24 heavy (non-hydrogen) atoms. The molecule has 0 bridgehead atoms. The van der Waals surface area contributed by atoms with Crippen molar-refractivity contribution in [2.75, 3.05) is 13.2 Å². The van der Waals surface area contributed by atoms with Crippen LogP contribution in [0.25, 0.3) is 0 Å². The molecule has 0 atom stereocenters. The Kier molecular flexibility index (Phi) is 5.24. The van der Waals surface area contributed by atoms with Gasteiger partial charge in [-0.3, -0.25) is 4.84 Å². The summed E-state index contributed by atoms with van der Waals surface area (Å²) in [5, 5.41) is 10.2. The fourth-order valence-electron chi connectivity index (χ4n) is 2.12. The number of hydroxylamine groups is 2. The highest BCUT2D eigenvalue weighted by Gasteiger charge is 2.32. The summed E-state index contributed by atoms with van der Waals surface area (Å²) in [6.45, 7) is 4.37. The summed E-state index contributed by atoms with van der Waals surface area (Å²) in [6, 6.07) is 6.20. The third-order valence-corrected chi connectivity index (χ3v) is 3.20. The van der Waals surface area contributed by atoms with Gasteiger partial charge in [0.2, 0.25) is 11.9 Å². The number of aliphatic imine (C=N–C) groups is 2. The van der Waals surface area contributed by atoms with Crippen LogP contribution in [0.2, 0.25) is 0 Å². The van der Waals surface area contributed by atoms with Gasteiger partial charge in [-0.2, -0.15) is 10.1 Å². The van der Waals surface area contributed by atoms with Crippen LogP contribution < -0.4 is 16.2 Å². The Bertz CT molecular complexity index is 654.